The highest BCUT2D eigenvalue weighted by Gasteiger charge is 2.17. The van der Waals surface area contributed by atoms with Crippen molar-refractivity contribution in [1.82, 2.24) is 10.2 Å². The molecule has 1 aliphatic rings. The Morgan fingerprint density at radius 1 is 1.46 bits per heavy atom. The molecule has 5 heteroatoms. The summed E-state index contributed by atoms with van der Waals surface area (Å²) in [4.78, 5) is 2.13. The molecule has 0 amide bonds. The van der Waals surface area contributed by atoms with Crippen molar-refractivity contribution in [2.24, 2.45) is 0 Å². The Labute approximate surface area is 81.8 Å². The number of aryl methyl sites for hydroxylation is 1. The standard InChI is InChI=1S/C8H12ClN3O/c1-6-7(9)8(11-10-6)12-2-4-13-5-3-12/h2-5H2,1H3,(H,10,11). The first-order chi connectivity index (χ1) is 6.29. The monoisotopic (exact) mass is 201 g/mol. The van der Waals surface area contributed by atoms with E-state index in [-0.39, 0.29) is 0 Å². The molecule has 72 valence electrons. The number of hydrogen-bond donors (Lipinski definition) is 1. The predicted octanol–water partition coefficient (Wildman–Crippen LogP) is 1.21. The zero-order valence-corrected chi connectivity index (χ0v) is 8.26. The van der Waals surface area contributed by atoms with Crippen LogP contribution in [0.1, 0.15) is 5.69 Å². The molecule has 0 spiro atoms. The number of nitrogens with zero attached hydrogens (tertiary/aromatic N) is 2. The summed E-state index contributed by atoms with van der Waals surface area (Å²) in [6.45, 7) is 5.15. The molecule has 0 radical (unpaired) electrons. The number of hydrogen-bond acceptors (Lipinski definition) is 3. The third-order valence-corrected chi connectivity index (χ3v) is 2.62. The summed E-state index contributed by atoms with van der Waals surface area (Å²) in [5.41, 5.74) is 0.920. The quantitative estimate of drug-likeness (QED) is 0.743. The smallest absolute Gasteiger partial charge is 0.169 e. The van der Waals surface area contributed by atoms with Crippen molar-refractivity contribution >= 4 is 17.4 Å². The van der Waals surface area contributed by atoms with Gasteiger partial charge in [0.15, 0.2) is 5.82 Å². The van der Waals surface area contributed by atoms with Gasteiger partial charge in [-0.05, 0) is 6.92 Å². The number of nitrogens with one attached hydrogen (secondary N) is 1. The fourth-order valence-corrected chi connectivity index (χ4v) is 1.59. The van der Waals surface area contributed by atoms with E-state index in [4.69, 9.17) is 16.3 Å². The van der Waals surface area contributed by atoms with Gasteiger partial charge in [0.05, 0.1) is 18.9 Å². The van der Waals surface area contributed by atoms with E-state index < -0.39 is 0 Å². The first-order valence-electron chi connectivity index (χ1n) is 4.32. The molecule has 0 unspecified atom stereocenters. The maximum absolute atomic E-state index is 6.07. The fourth-order valence-electron chi connectivity index (χ4n) is 1.39. The summed E-state index contributed by atoms with van der Waals surface area (Å²) in [6, 6.07) is 0. The molecule has 1 N–H and O–H groups in total. The lowest BCUT2D eigenvalue weighted by molar-refractivity contribution is 0.122. The Bertz CT molecular complexity index is 294. The molecule has 2 rings (SSSR count). The van der Waals surface area contributed by atoms with Crippen LogP contribution in [0.5, 0.6) is 0 Å². The van der Waals surface area contributed by atoms with Crippen LogP contribution in [-0.4, -0.2) is 36.5 Å². The number of morpholine rings is 1. The van der Waals surface area contributed by atoms with Gasteiger partial charge in [-0.25, -0.2) is 0 Å². The average molecular weight is 202 g/mol. The van der Waals surface area contributed by atoms with Crippen LogP contribution in [0.4, 0.5) is 5.82 Å². The van der Waals surface area contributed by atoms with Crippen molar-refractivity contribution in [1.29, 1.82) is 0 Å². The van der Waals surface area contributed by atoms with Crippen LogP contribution in [0.25, 0.3) is 0 Å². The zero-order valence-electron chi connectivity index (χ0n) is 7.51. The molecule has 0 bridgehead atoms. The molecule has 0 saturated carbocycles. The topological polar surface area (TPSA) is 41.2 Å². The number of ether oxygens (including phenoxy) is 1. The SMILES string of the molecule is Cc1[nH]nc(N2CCOCC2)c1Cl. The summed E-state index contributed by atoms with van der Waals surface area (Å²) in [5.74, 6) is 0.850. The van der Waals surface area contributed by atoms with Crippen LogP contribution in [0.15, 0.2) is 0 Å². The number of anilines is 1. The maximum atomic E-state index is 6.07. The number of aromatic amines is 1. The molecular formula is C8H12ClN3O. The highest BCUT2D eigenvalue weighted by molar-refractivity contribution is 6.33. The lowest BCUT2D eigenvalue weighted by Crippen LogP contribution is -2.36. The van der Waals surface area contributed by atoms with Crippen molar-refractivity contribution in [3.63, 3.8) is 0 Å². The number of H-pyrrole nitrogens is 1. The van der Waals surface area contributed by atoms with Gasteiger partial charge in [0.2, 0.25) is 0 Å². The Hall–Kier alpha value is -0.740. The van der Waals surface area contributed by atoms with Gasteiger partial charge < -0.3 is 9.64 Å². The Morgan fingerprint density at radius 2 is 2.15 bits per heavy atom. The van der Waals surface area contributed by atoms with Gasteiger partial charge in [0.1, 0.15) is 5.02 Å². The summed E-state index contributed by atoms with van der Waals surface area (Å²) >= 11 is 6.07. The van der Waals surface area contributed by atoms with E-state index in [1.807, 2.05) is 6.92 Å². The molecular weight excluding hydrogens is 190 g/mol. The second kappa shape index (κ2) is 3.55. The van der Waals surface area contributed by atoms with Crippen LogP contribution >= 0.6 is 11.6 Å². The van der Waals surface area contributed by atoms with E-state index in [1.165, 1.54) is 0 Å². The van der Waals surface area contributed by atoms with Gasteiger partial charge in [-0.2, -0.15) is 5.10 Å². The highest BCUT2D eigenvalue weighted by atomic mass is 35.5. The molecule has 1 fully saturated rings. The molecule has 1 aromatic rings. The minimum Gasteiger partial charge on any atom is -0.378 e. The van der Waals surface area contributed by atoms with Crippen LogP contribution in [0.2, 0.25) is 5.02 Å². The first kappa shape index (κ1) is 8.84. The minimum atomic E-state index is 0.724. The molecule has 0 aromatic carbocycles. The molecule has 4 nitrogen and oxygen atoms in total. The second-order valence-corrected chi connectivity index (χ2v) is 3.46. The lowest BCUT2D eigenvalue weighted by atomic mass is 10.4. The molecule has 13 heavy (non-hydrogen) atoms. The van der Waals surface area contributed by atoms with E-state index in [9.17, 15) is 0 Å². The Kier molecular flexibility index (Phi) is 2.42. The normalized spacial score (nSPS) is 17.8. The molecule has 1 saturated heterocycles. The van der Waals surface area contributed by atoms with Gasteiger partial charge >= 0.3 is 0 Å². The highest BCUT2D eigenvalue weighted by Crippen LogP contribution is 2.26. The van der Waals surface area contributed by atoms with Gasteiger partial charge in [-0.15, -0.1) is 0 Å². The van der Waals surface area contributed by atoms with Crippen molar-refractivity contribution in [2.45, 2.75) is 6.92 Å². The van der Waals surface area contributed by atoms with Gasteiger partial charge in [0, 0.05) is 13.1 Å². The van der Waals surface area contributed by atoms with E-state index in [0.29, 0.717) is 0 Å². The van der Waals surface area contributed by atoms with E-state index in [2.05, 4.69) is 15.1 Å². The van der Waals surface area contributed by atoms with Crippen LogP contribution in [0.3, 0.4) is 0 Å². The van der Waals surface area contributed by atoms with Gasteiger partial charge in [-0.1, -0.05) is 11.6 Å². The number of aromatic nitrogens is 2. The molecule has 1 aromatic heterocycles. The van der Waals surface area contributed by atoms with E-state index in [0.717, 1.165) is 42.8 Å². The number of halogens is 1. The molecule has 2 heterocycles. The summed E-state index contributed by atoms with van der Waals surface area (Å²) < 4.78 is 5.25. The fraction of sp³-hybridized carbons (Fsp3) is 0.625. The lowest BCUT2D eigenvalue weighted by Gasteiger charge is -2.26. The van der Waals surface area contributed by atoms with Crippen molar-refractivity contribution in [3.05, 3.63) is 10.7 Å². The Balaban J connectivity index is 2.18. The van der Waals surface area contributed by atoms with Crippen LogP contribution in [-0.2, 0) is 4.74 Å². The van der Waals surface area contributed by atoms with E-state index >= 15 is 0 Å². The molecule has 1 aliphatic heterocycles. The molecule has 0 aliphatic carbocycles. The van der Waals surface area contributed by atoms with Crippen LogP contribution < -0.4 is 4.90 Å². The van der Waals surface area contributed by atoms with E-state index in [1.54, 1.807) is 0 Å². The third kappa shape index (κ3) is 1.64. The zero-order chi connectivity index (χ0) is 9.26. The molecule has 0 atom stereocenters. The minimum absolute atomic E-state index is 0.724. The summed E-state index contributed by atoms with van der Waals surface area (Å²) in [7, 11) is 0. The van der Waals surface area contributed by atoms with Crippen LogP contribution in [0, 0.1) is 6.92 Å². The Morgan fingerprint density at radius 3 is 2.69 bits per heavy atom. The summed E-state index contributed by atoms with van der Waals surface area (Å²) in [6.07, 6.45) is 0. The van der Waals surface area contributed by atoms with Gasteiger partial charge in [-0.3, -0.25) is 5.10 Å². The maximum Gasteiger partial charge on any atom is 0.169 e. The largest absolute Gasteiger partial charge is 0.378 e. The third-order valence-electron chi connectivity index (χ3n) is 2.17. The summed E-state index contributed by atoms with van der Waals surface area (Å²) in [5, 5.41) is 7.75. The van der Waals surface area contributed by atoms with Crippen molar-refractivity contribution in [2.75, 3.05) is 31.2 Å². The van der Waals surface area contributed by atoms with Crippen molar-refractivity contribution in [3.8, 4) is 0 Å². The van der Waals surface area contributed by atoms with Gasteiger partial charge in [0.25, 0.3) is 0 Å². The average Bonchev–Trinajstić information content (AvgIpc) is 2.49. The first-order valence-corrected chi connectivity index (χ1v) is 4.70. The predicted molar refractivity (Wildman–Crippen MR) is 51.4 cm³/mol. The number of rotatable bonds is 1. The second-order valence-electron chi connectivity index (χ2n) is 3.09. The van der Waals surface area contributed by atoms with Crippen molar-refractivity contribution < 1.29 is 4.74 Å².